The van der Waals surface area contributed by atoms with Gasteiger partial charge in [0.2, 0.25) is 5.91 Å². The molecule has 0 fully saturated rings. The predicted molar refractivity (Wildman–Crippen MR) is 86.7 cm³/mol. The van der Waals surface area contributed by atoms with E-state index in [0.29, 0.717) is 0 Å². The Bertz CT molecular complexity index is 627. The molecule has 0 unspecified atom stereocenters. The van der Waals surface area contributed by atoms with E-state index >= 15 is 0 Å². The quantitative estimate of drug-likeness (QED) is 0.868. The molecule has 0 aliphatic carbocycles. The van der Waals surface area contributed by atoms with E-state index in [1.54, 1.807) is 18.7 Å². The molecule has 1 aliphatic rings. The minimum absolute atomic E-state index is 0.0852. The van der Waals surface area contributed by atoms with E-state index in [0.717, 1.165) is 47.4 Å². The Morgan fingerprint density at radius 1 is 1.38 bits per heavy atom. The van der Waals surface area contributed by atoms with Crippen LogP contribution >= 0.6 is 11.8 Å². The van der Waals surface area contributed by atoms with Gasteiger partial charge in [-0.15, -0.1) is 0 Å². The lowest BCUT2D eigenvalue weighted by Gasteiger charge is -2.20. The lowest BCUT2D eigenvalue weighted by Crippen LogP contribution is -2.28. The van der Waals surface area contributed by atoms with Crippen LogP contribution in [0, 0.1) is 0 Å². The number of hydrogen-bond acceptors (Lipinski definition) is 3. The number of carbonyl (C=O) groups excluding carboxylic acids is 1. The number of amides is 1. The van der Waals surface area contributed by atoms with Crippen molar-refractivity contribution in [1.82, 2.24) is 9.55 Å². The second kappa shape index (κ2) is 5.93. The van der Waals surface area contributed by atoms with Crippen molar-refractivity contribution in [2.24, 2.45) is 0 Å². The Morgan fingerprint density at radius 3 is 2.76 bits per heavy atom. The first-order valence-electron chi connectivity index (χ1n) is 7.27. The van der Waals surface area contributed by atoms with Gasteiger partial charge in [0, 0.05) is 43.2 Å². The van der Waals surface area contributed by atoms with Crippen molar-refractivity contribution in [2.45, 2.75) is 32.0 Å². The van der Waals surface area contributed by atoms with Crippen molar-refractivity contribution in [3.63, 3.8) is 0 Å². The minimum atomic E-state index is 0.0852. The summed E-state index contributed by atoms with van der Waals surface area (Å²) in [6.07, 6.45) is 3.06. The first kappa shape index (κ1) is 14.2. The number of carbonyl (C=O) groups is 1. The lowest BCUT2D eigenvalue weighted by molar-refractivity contribution is -0.116. The van der Waals surface area contributed by atoms with E-state index < -0.39 is 0 Å². The Morgan fingerprint density at radius 2 is 2.14 bits per heavy atom. The molecule has 1 amide bonds. The Labute approximate surface area is 129 Å². The minimum Gasteiger partial charge on any atom is -0.325 e. The van der Waals surface area contributed by atoms with Crippen LogP contribution in [0.15, 0.2) is 35.6 Å². The predicted octanol–water partition coefficient (Wildman–Crippen LogP) is 3.42. The summed E-state index contributed by atoms with van der Waals surface area (Å²) in [7, 11) is 0. The number of aromatic nitrogens is 2. The normalized spacial score (nSPS) is 13.2. The molecule has 2 aromatic rings. The zero-order valence-electron chi connectivity index (χ0n) is 12.4. The maximum absolute atomic E-state index is 11.7. The van der Waals surface area contributed by atoms with Gasteiger partial charge in [-0.05, 0) is 18.6 Å². The van der Waals surface area contributed by atoms with E-state index in [9.17, 15) is 4.79 Å². The third-order valence-electron chi connectivity index (χ3n) is 3.61. The van der Waals surface area contributed by atoms with Gasteiger partial charge >= 0.3 is 0 Å². The van der Waals surface area contributed by atoms with Gasteiger partial charge in [-0.2, -0.15) is 0 Å². The number of fused-ring (bicyclic) bond motifs is 1. The standard InChI is InChI=1S/C16H19N3OS/c1-3-8-19(12(2)20)14-6-4-13(5-7-14)15-11-18-9-10-21-16(18)17-15/h4-7,11H,3,8-10H2,1-2H3. The van der Waals surface area contributed by atoms with Crippen molar-refractivity contribution < 1.29 is 4.79 Å². The number of hydrogen-bond donors (Lipinski definition) is 0. The highest BCUT2D eigenvalue weighted by molar-refractivity contribution is 7.99. The van der Waals surface area contributed by atoms with Crippen LogP contribution in [0.5, 0.6) is 0 Å². The molecule has 0 saturated heterocycles. The molecule has 5 heteroatoms. The Hall–Kier alpha value is -1.75. The van der Waals surface area contributed by atoms with Crippen LogP contribution in [-0.4, -0.2) is 27.8 Å². The molecule has 0 spiro atoms. The zero-order valence-corrected chi connectivity index (χ0v) is 13.2. The van der Waals surface area contributed by atoms with Crippen molar-refractivity contribution in [2.75, 3.05) is 17.2 Å². The third-order valence-corrected chi connectivity index (χ3v) is 4.58. The summed E-state index contributed by atoms with van der Waals surface area (Å²) in [5.74, 6) is 1.20. The fraction of sp³-hybridized carbons (Fsp3) is 0.375. The van der Waals surface area contributed by atoms with Gasteiger partial charge in [-0.3, -0.25) is 4.79 Å². The Kier molecular flexibility index (Phi) is 4.01. The smallest absolute Gasteiger partial charge is 0.223 e. The highest BCUT2D eigenvalue weighted by Gasteiger charge is 2.16. The summed E-state index contributed by atoms with van der Waals surface area (Å²) in [5.41, 5.74) is 3.06. The van der Waals surface area contributed by atoms with Gasteiger partial charge in [0.05, 0.1) is 5.69 Å². The van der Waals surface area contributed by atoms with E-state index in [1.807, 2.05) is 29.2 Å². The van der Waals surface area contributed by atoms with Gasteiger partial charge in [0.1, 0.15) is 0 Å². The molecule has 0 N–H and O–H groups in total. The highest BCUT2D eigenvalue weighted by atomic mass is 32.2. The lowest BCUT2D eigenvalue weighted by atomic mass is 10.1. The van der Waals surface area contributed by atoms with Crippen LogP contribution < -0.4 is 4.90 Å². The average Bonchev–Trinajstić information content (AvgIpc) is 3.06. The molecule has 4 nitrogen and oxygen atoms in total. The van der Waals surface area contributed by atoms with Crippen LogP contribution in [0.2, 0.25) is 0 Å². The first-order chi connectivity index (χ1) is 10.2. The van der Waals surface area contributed by atoms with Crippen molar-refractivity contribution in [1.29, 1.82) is 0 Å². The van der Waals surface area contributed by atoms with Gasteiger partial charge in [0.15, 0.2) is 5.16 Å². The monoisotopic (exact) mass is 301 g/mol. The Balaban J connectivity index is 1.84. The van der Waals surface area contributed by atoms with Crippen LogP contribution in [0.25, 0.3) is 11.3 Å². The van der Waals surface area contributed by atoms with Crippen molar-refractivity contribution in [3.05, 3.63) is 30.5 Å². The van der Waals surface area contributed by atoms with Gasteiger partial charge in [-0.1, -0.05) is 30.8 Å². The fourth-order valence-corrected chi connectivity index (χ4v) is 3.50. The van der Waals surface area contributed by atoms with Gasteiger partial charge in [0.25, 0.3) is 0 Å². The van der Waals surface area contributed by atoms with Crippen LogP contribution in [0.1, 0.15) is 20.3 Å². The molecular weight excluding hydrogens is 282 g/mol. The maximum Gasteiger partial charge on any atom is 0.223 e. The second-order valence-electron chi connectivity index (χ2n) is 5.17. The molecular formula is C16H19N3OS. The molecule has 2 heterocycles. The summed E-state index contributed by atoms with van der Waals surface area (Å²) in [6.45, 7) is 5.49. The van der Waals surface area contributed by atoms with Crippen LogP contribution in [0.3, 0.4) is 0 Å². The number of aryl methyl sites for hydroxylation is 1. The van der Waals surface area contributed by atoms with E-state index in [-0.39, 0.29) is 5.91 Å². The third kappa shape index (κ3) is 2.83. The summed E-state index contributed by atoms with van der Waals surface area (Å²) < 4.78 is 2.20. The van der Waals surface area contributed by atoms with E-state index in [4.69, 9.17) is 0 Å². The molecule has 0 saturated carbocycles. The second-order valence-corrected chi connectivity index (χ2v) is 6.23. The molecule has 1 aromatic carbocycles. The summed E-state index contributed by atoms with van der Waals surface area (Å²) in [6, 6.07) is 8.10. The molecule has 0 bridgehead atoms. The molecule has 21 heavy (non-hydrogen) atoms. The van der Waals surface area contributed by atoms with E-state index in [1.165, 1.54) is 0 Å². The van der Waals surface area contributed by atoms with Gasteiger partial charge in [-0.25, -0.2) is 4.98 Å². The van der Waals surface area contributed by atoms with Crippen molar-refractivity contribution >= 4 is 23.4 Å². The molecule has 110 valence electrons. The molecule has 0 atom stereocenters. The number of thioether (sulfide) groups is 1. The number of rotatable bonds is 4. The number of imidazole rings is 1. The highest BCUT2D eigenvalue weighted by Crippen LogP contribution is 2.29. The van der Waals surface area contributed by atoms with Gasteiger partial charge < -0.3 is 9.47 Å². The summed E-state index contributed by atoms with van der Waals surface area (Å²) in [5, 5.41) is 1.10. The maximum atomic E-state index is 11.7. The number of anilines is 1. The average molecular weight is 301 g/mol. The topological polar surface area (TPSA) is 38.1 Å². The zero-order chi connectivity index (χ0) is 14.8. The molecule has 3 rings (SSSR count). The molecule has 1 aromatic heterocycles. The number of benzene rings is 1. The summed E-state index contributed by atoms with van der Waals surface area (Å²) >= 11 is 1.80. The molecule has 1 aliphatic heterocycles. The SMILES string of the molecule is CCCN(C(C)=O)c1ccc(-c2cn3c(n2)SCC3)cc1. The number of nitrogens with zero attached hydrogens (tertiary/aromatic N) is 3. The van der Waals surface area contributed by atoms with Crippen LogP contribution in [0.4, 0.5) is 5.69 Å². The van der Waals surface area contributed by atoms with Crippen LogP contribution in [-0.2, 0) is 11.3 Å². The fourth-order valence-electron chi connectivity index (χ4n) is 2.55. The first-order valence-corrected chi connectivity index (χ1v) is 8.26. The van der Waals surface area contributed by atoms with E-state index in [2.05, 4.69) is 22.7 Å². The molecule has 0 radical (unpaired) electrons. The summed E-state index contributed by atoms with van der Waals surface area (Å²) in [4.78, 5) is 18.2. The largest absolute Gasteiger partial charge is 0.325 e. The van der Waals surface area contributed by atoms with Crippen molar-refractivity contribution in [3.8, 4) is 11.3 Å².